The van der Waals surface area contributed by atoms with E-state index in [-0.39, 0.29) is 0 Å². The van der Waals surface area contributed by atoms with Gasteiger partial charge < -0.3 is 5.32 Å². The lowest BCUT2D eigenvalue weighted by Gasteiger charge is -2.09. The van der Waals surface area contributed by atoms with Gasteiger partial charge in [-0.15, -0.1) is 0 Å². The van der Waals surface area contributed by atoms with Gasteiger partial charge in [0.2, 0.25) is 5.95 Å². The molecule has 4 heteroatoms. The number of hydrogen-bond donors (Lipinski definition) is 1. The largest absolute Gasteiger partial charge is 0.325 e. The van der Waals surface area contributed by atoms with E-state index in [2.05, 4.69) is 61.7 Å². The molecule has 1 aromatic heterocycles. The molecule has 0 saturated heterocycles. The Kier molecular flexibility index (Phi) is 3.73. The Labute approximate surface area is 131 Å². The quantitative estimate of drug-likeness (QED) is 0.682. The predicted octanol–water partition coefficient (Wildman–Crippen LogP) is 4.53. The summed E-state index contributed by atoms with van der Waals surface area (Å²) in [6.45, 7) is 2.00. The van der Waals surface area contributed by atoms with Crippen LogP contribution in [0.1, 0.15) is 5.69 Å². The van der Waals surface area contributed by atoms with Gasteiger partial charge in [-0.1, -0.05) is 24.3 Å². The first kappa shape index (κ1) is 13.2. The predicted molar refractivity (Wildman–Crippen MR) is 90.7 cm³/mol. The molecule has 0 aliphatic carbocycles. The molecule has 0 amide bonds. The maximum Gasteiger partial charge on any atom is 0.212 e. The van der Waals surface area contributed by atoms with Gasteiger partial charge in [-0.05, 0) is 59.8 Å². The Morgan fingerprint density at radius 1 is 1.05 bits per heavy atom. The molecule has 0 spiro atoms. The molecule has 0 aliphatic heterocycles. The first-order valence-electron chi connectivity index (χ1n) is 6.36. The molecule has 0 unspecified atom stereocenters. The van der Waals surface area contributed by atoms with Crippen LogP contribution in [0, 0.1) is 10.5 Å². The van der Waals surface area contributed by atoms with Crippen LogP contribution in [-0.2, 0) is 0 Å². The summed E-state index contributed by atoms with van der Waals surface area (Å²) >= 11 is 2.31. The number of halogens is 1. The van der Waals surface area contributed by atoms with Crippen molar-refractivity contribution < 1.29 is 0 Å². The summed E-state index contributed by atoms with van der Waals surface area (Å²) in [6, 6.07) is 18.5. The lowest BCUT2D eigenvalue weighted by molar-refractivity contribution is 1.06. The highest BCUT2D eigenvalue weighted by molar-refractivity contribution is 14.1. The molecule has 0 saturated carbocycles. The Balaban J connectivity index is 1.98. The van der Waals surface area contributed by atoms with E-state index in [1.54, 1.807) is 0 Å². The van der Waals surface area contributed by atoms with Crippen LogP contribution in [0.15, 0.2) is 60.8 Å². The first-order valence-corrected chi connectivity index (χ1v) is 7.44. The lowest BCUT2D eigenvalue weighted by atomic mass is 10.3. The van der Waals surface area contributed by atoms with Crippen molar-refractivity contribution in [1.29, 1.82) is 0 Å². The molecular weight excluding hydrogens is 361 g/mol. The number of benzene rings is 2. The molecule has 1 heterocycles. The normalized spacial score (nSPS) is 10.5. The van der Waals surface area contributed by atoms with E-state index >= 15 is 0 Å². The molecule has 0 aliphatic rings. The van der Waals surface area contributed by atoms with Crippen molar-refractivity contribution in [3.05, 3.63) is 70.1 Å². The first-order chi connectivity index (χ1) is 9.72. The van der Waals surface area contributed by atoms with Crippen LogP contribution in [0.5, 0.6) is 0 Å². The zero-order valence-corrected chi connectivity index (χ0v) is 13.2. The molecule has 1 N–H and O–H groups in total. The number of nitrogens with zero attached hydrogens (tertiary/aromatic N) is 2. The summed E-state index contributed by atoms with van der Waals surface area (Å²) < 4.78 is 3.26. The molecule has 0 atom stereocenters. The molecule has 3 nitrogen and oxygen atoms in total. The zero-order valence-electron chi connectivity index (χ0n) is 11.0. The fraction of sp³-hybridized carbons (Fsp3) is 0.0625. The second-order valence-electron chi connectivity index (χ2n) is 4.55. The van der Waals surface area contributed by atoms with Crippen molar-refractivity contribution in [1.82, 2.24) is 9.55 Å². The zero-order chi connectivity index (χ0) is 13.9. The minimum absolute atomic E-state index is 0.829. The van der Waals surface area contributed by atoms with Gasteiger partial charge in [0.25, 0.3) is 0 Å². The molecule has 100 valence electrons. The minimum atomic E-state index is 0.829. The van der Waals surface area contributed by atoms with Crippen molar-refractivity contribution >= 4 is 34.2 Å². The van der Waals surface area contributed by atoms with Crippen LogP contribution in [0.3, 0.4) is 0 Å². The molecule has 2 aromatic carbocycles. The van der Waals surface area contributed by atoms with Gasteiger partial charge in [0.15, 0.2) is 0 Å². The number of imidazole rings is 1. The van der Waals surface area contributed by atoms with Crippen molar-refractivity contribution in [3.63, 3.8) is 0 Å². The van der Waals surface area contributed by atoms with Gasteiger partial charge in [0, 0.05) is 21.1 Å². The van der Waals surface area contributed by atoms with E-state index in [0.717, 1.165) is 23.0 Å². The Bertz CT molecular complexity index is 720. The summed E-state index contributed by atoms with van der Waals surface area (Å²) in [7, 11) is 0. The van der Waals surface area contributed by atoms with Gasteiger partial charge in [-0.3, -0.25) is 4.57 Å². The summed E-state index contributed by atoms with van der Waals surface area (Å²) in [5.74, 6) is 0.829. The summed E-state index contributed by atoms with van der Waals surface area (Å²) in [4.78, 5) is 4.56. The minimum Gasteiger partial charge on any atom is -0.325 e. The summed E-state index contributed by atoms with van der Waals surface area (Å²) in [5.41, 5.74) is 3.13. The topological polar surface area (TPSA) is 29.9 Å². The van der Waals surface area contributed by atoms with Crippen LogP contribution in [0.4, 0.5) is 11.6 Å². The number of anilines is 2. The van der Waals surface area contributed by atoms with Gasteiger partial charge in [-0.25, -0.2) is 4.98 Å². The number of aryl methyl sites for hydroxylation is 1. The van der Waals surface area contributed by atoms with E-state index in [4.69, 9.17) is 0 Å². The fourth-order valence-corrected chi connectivity index (χ4v) is 2.61. The molecule has 0 radical (unpaired) electrons. The third-order valence-corrected chi connectivity index (χ3v) is 3.61. The Morgan fingerprint density at radius 2 is 1.85 bits per heavy atom. The Morgan fingerprint density at radius 3 is 2.60 bits per heavy atom. The molecule has 3 aromatic rings. The SMILES string of the molecule is Cc1cn(-c2ccccc2)c(Nc2cccc(I)c2)n1. The monoisotopic (exact) mass is 375 g/mol. The van der Waals surface area contributed by atoms with Crippen molar-refractivity contribution in [2.24, 2.45) is 0 Å². The van der Waals surface area contributed by atoms with Crippen molar-refractivity contribution in [2.75, 3.05) is 5.32 Å². The average molecular weight is 375 g/mol. The second-order valence-corrected chi connectivity index (χ2v) is 5.79. The highest BCUT2D eigenvalue weighted by Gasteiger charge is 2.07. The highest BCUT2D eigenvalue weighted by Crippen LogP contribution is 2.21. The summed E-state index contributed by atoms with van der Waals surface area (Å²) in [5, 5.41) is 3.38. The van der Waals surface area contributed by atoms with E-state index < -0.39 is 0 Å². The number of aromatic nitrogens is 2. The van der Waals surface area contributed by atoms with Crippen LogP contribution in [0.2, 0.25) is 0 Å². The van der Waals surface area contributed by atoms with Gasteiger partial charge >= 0.3 is 0 Å². The standard InChI is InChI=1S/C16H14IN3/c1-12-11-20(15-8-3-2-4-9-15)16(18-12)19-14-7-5-6-13(17)10-14/h2-11H,1H3,(H,18,19). The third kappa shape index (κ3) is 2.85. The van der Waals surface area contributed by atoms with Crippen LogP contribution in [-0.4, -0.2) is 9.55 Å². The number of para-hydroxylation sites is 1. The molecular formula is C16H14IN3. The van der Waals surface area contributed by atoms with Crippen molar-refractivity contribution in [3.8, 4) is 5.69 Å². The van der Waals surface area contributed by atoms with E-state index in [1.165, 1.54) is 3.57 Å². The fourth-order valence-electron chi connectivity index (χ4n) is 2.07. The summed E-state index contributed by atoms with van der Waals surface area (Å²) in [6.07, 6.45) is 2.03. The molecule has 0 fully saturated rings. The van der Waals surface area contributed by atoms with E-state index in [1.807, 2.05) is 43.5 Å². The molecule has 20 heavy (non-hydrogen) atoms. The maximum absolute atomic E-state index is 4.56. The molecule has 0 bridgehead atoms. The smallest absolute Gasteiger partial charge is 0.212 e. The van der Waals surface area contributed by atoms with Gasteiger partial charge in [0.05, 0.1) is 5.69 Å². The van der Waals surface area contributed by atoms with Crippen molar-refractivity contribution in [2.45, 2.75) is 6.92 Å². The van der Waals surface area contributed by atoms with Crippen LogP contribution in [0.25, 0.3) is 5.69 Å². The van der Waals surface area contributed by atoms with E-state index in [9.17, 15) is 0 Å². The number of hydrogen-bond acceptors (Lipinski definition) is 2. The number of rotatable bonds is 3. The third-order valence-electron chi connectivity index (χ3n) is 2.94. The van der Waals surface area contributed by atoms with Gasteiger partial charge in [0.1, 0.15) is 0 Å². The van der Waals surface area contributed by atoms with E-state index in [0.29, 0.717) is 0 Å². The highest BCUT2D eigenvalue weighted by atomic mass is 127. The van der Waals surface area contributed by atoms with Gasteiger partial charge in [-0.2, -0.15) is 0 Å². The van der Waals surface area contributed by atoms with Crippen LogP contribution < -0.4 is 5.32 Å². The lowest BCUT2D eigenvalue weighted by Crippen LogP contribution is -2.01. The second kappa shape index (κ2) is 5.66. The Hall–Kier alpha value is -1.82. The maximum atomic E-state index is 4.56. The van der Waals surface area contributed by atoms with Crippen LogP contribution >= 0.6 is 22.6 Å². The number of nitrogens with one attached hydrogen (secondary N) is 1. The molecule has 3 rings (SSSR count). The average Bonchev–Trinajstić information content (AvgIpc) is 2.80.